The van der Waals surface area contributed by atoms with Crippen LogP contribution in [0.1, 0.15) is 24.1 Å². The molecule has 6 heteroatoms. The lowest BCUT2D eigenvalue weighted by Crippen LogP contribution is -2.45. The lowest BCUT2D eigenvalue weighted by molar-refractivity contribution is 0.0226. The van der Waals surface area contributed by atoms with Gasteiger partial charge in [-0.25, -0.2) is 0 Å². The number of nitrogens with one attached hydrogen (secondary N) is 1. The van der Waals surface area contributed by atoms with Crippen molar-refractivity contribution in [1.29, 1.82) is 5.26 Å². The Balaban J connectivity index is 1.62. The Morgan fingerprint density at radius 2 is 2.04 bits per heavy atom. The molecule has 1 atom stereocenters. The smallest absolute Gasteiger partial charge is 0.232 e. The van der Waals surface area contributed by atoms with Gasteiger partial charge in [-0.2, -0.15) is 10.2 Å². The number of morpholine rings is 1. The van der Waals surface area contributed by atoms with Crippen LogP contribution in [0.2, 0.25) is 0 Å². The summed E-state index contributed by atoms with van der Waals surface area (Å²) in [5.41, 5.74) is 1.33. The van der Waals surface area contributed by atoms with Gasteiger partial charge in [0.1, 0.15) is 6.07 Å². The quantitative estimate of drug-likeness (QED) is 0.873. The van der Waals surface area contributed by atoms with Crippen LogP contribution < -0.4 is 5.32 Å². The molecule has 130 valence electrons. The zero-order valence-electron chi connectivity index (χ0n) is 14.3. The number of rotatable bonds is 6. The van der Waals surface area contributed by atoms with Crippen molar-refractivity contribution in [2.24, 2.45) is 0 Å². The van der Waals surface area contributed by atoms with Gasteiger partial charge in [0.2, 0.25) is 17.5 Å². The van der Waals surface area contributed by atoms with E-state index in [4.69, 9.17) is 9.15 Å². The molecule has 2 heterocycles. The average Bonchev–Trinajstić information content (AvgIpc) is 3.08. The van der Waals surface area contributed by atoms with E-state index in [1.54, 1.807) is 6.08 Å². The maximum Gasteiger partial charge on any atom is 0.232 e. The summed E-state index contributed by atoms with van der Waals surface area (Å²) < 4.78 is 11.1. The fourth-order valence-corrected chi connectivity index (χ4v) is 2.72. The molecule has 0 amide bonds. The van der Waals surface area contributed by atoms with E-state index in [9.17, 15) is 5.26 Å². The van der Waals surface area contributed by atoms with E-state index in [0.717, 1.165) is 31.9 Å². The van der Waals surface area contributed by atoms with Gasteiger partial charge < -0.3 is 14.5 Å². The van der Waals surface area contributed by atoms with Crippen LogP contribution in [0.3, 0.4) is 0 Å². The van der Waals surface area contributed by atoms with Gasteiger partial charge in [0.15, 0.2) is 0 Å². The molecule has 0 aliphatic carbocycles. The summed E-state index contributed by atoms with van der Waals surface area (Å²) in [6.07, 6.45) is 3.68. The molecule has 1 aliphatic rings. The van der Waals surface area contributed by atoms with E-state index < -0.39 is 0 Å². The Labute approximate surface area is 147 Å². The second kappa shape index (κ2) is 8.47. The molecule has 6 nitrogen and oxygen atoms in total. The Hall–Kier alpha value is -2.62. The standard InChI is InChI=1S/C19H22N4O2/c1-15(23-9-11-24-12-10-23)14-21-19-17(13-20)22-18(25-19)8-7-16-5-3-2-4-6-16/h2-8,15,21H,9-12,14H2,1H3/b8-7+. The van der Waals surface area contributed by atoms with Crippen LogP contribution >= 0.6 is 0 Å². The van der Waals surface area contributed by atoms with Crippen molar-refractivity contribution in [1.82, 2.24) is 9.88 Å². The zero-order valence-corrected chi connectivity index (χ0v) is 14.3. The third kappa shape index (κ3) is 4.69. The summed E-state index contributed by atoms with van der Waals surface area (Å²) >= 11 is 0. The van der Waals surface area contributed by atoms with Gasteiger partial charge in [0.25, 0.3) is 0 Å². The van der Waals surface area contributed by atoms with E-state index >= 15 is 0 Å². The molecule has 1 aliphatic heterocycles. The van der Waals surface area contributed by atoms with Gasteiger partial charge in [-0.05, 0) is 18.6 Å². The summed E-state index contributed by atoms with van der Waals surface area (Å²) in [6.45, 7) is 6.22. The van der Waals surface area contributed by atoms with E-state index in [2.05, 4.69) is 28.2 Å². The van der Waals surface area contributed by atoms with E-state index in [-0.39, 0.29) is 5.69 Å². The minimum atomic E-state index is 0.280. The highest BCUT2D eigenvalue weighted by molar-refractivity contribution is 5.67. The van der Waals surface area contributed by atoms with Gasteiger partial charge in [-0.1, -0.05) is 30.3 Å². The first kappa shape index (κ1) is 17.2. The molecule has 1 unspecified atom stereocenters. The number of nitrogens with zero attached hydrogens (tertiary/aromatic N) is 3. The van der Waals surface area contributed by atoms with Crippen molar-refractivity contribution in [2.75, 3.05) is 38.2 Å². The predicted octanol–water partition coefficient (Wildman–Crippen LogP) is 2.85. The number of anilines is 1. The first-order valence-electron chi connectivity index (χ1n) is 8.46. The normalized spacial score (nSPS) is 16.6. The Kier molecular flexibility index (Phi) is 5.83. The second-order valence-corrected chi connectivity index (χ2v) is 5.96. The number of hydrogen-bond acceptors (Lipinski definition) is 6. The molecule has 1 fully saturated rings. The largest absolute Gasteiger partial charge is 0.420 e. The van der Waals surface area contributed by atoms with Crippen molar-refractivity contribution in [3.63, 3.8) is 0 Å². The van der Waals surface area contributed by atoms with Crippen LogP contribution in [0.4, 0.5) is 5.88 Å². The van der Waals surface area contributed by atoms with Crippen LogP contribution in [0.15, 0.2) is 34.7 Å². The fourth-order valence-electron chi connectivity index (χ4n) is 2.72. The molecule has 1 aromatic heterocycles. The maximum atomic E-state index is 9.27. The van der Waals surface area contributed by atoms with Crippen LogP contribution in [0.25, 0.3) is 12.2 Å². The molecule has 1 N–H and O–H groups in total. The Morgan fingerprint density at radius 3 is 2.76 bits per heavy atom. The fraction of sp³-hybridized carbons (Fsp3) is 0.368. The SMILES string of the molecule is CC(CNc1oc(/C=C/c2ccccc2)nc1C#N)N1CCOCC1. The molecular formula is C19H22N4O2. The highest BCUT2D eigenvalue weighted by atomic mass is 16.5. The number of aromatic nitrogens is 1. The van der Waals surface area contributed by atoms with Crippen molar-refractivity contribution in [3.05, 3.63) is 47.5 Å². The number of benzene rings is 1. The van der Waals surface area contributed by atoms with Crippen LogP contribution in [-0.4, -0.2) is 48.8 Å². The number of hydrogen-bond donors (Lipinski definition) is 1. The summed E-state index contributed by atoms with van der Waals surface area (Å²) in [7, 11) is 0. The molecule has 3 rings (SSSR count). The summed E-state index contributed by atoms with van der Waals surface area (Å²) in [5, 5.41) is 12.5. The van der Waals surface area contributed by atoms with Crippen LogP contribution in [0, 0.1) is 11.3 Å². The Morgan fingerprint density at radius 1 is 1.28 bits per heavy atom. The van der Waals surface area contributed by atoms with Crippen molar-refractivity contribution >= 4 is 18.0 Å². The van der Waals surface area contributed by atoms with Crippen molar-refractivity contribution in [3.8, 4) is 6.07 Å². The first-order chi connectivity index (χ1) is 12.3. The van der Waals surface area contributed by atoms with E-state index in [1.165, 1.54) is 0 Å². The van der Waals surface area contributed by atoms with E-state index in [1.807, 2.05) is 36.4 Å². The van der Waals surface area contributed by atoms with Gasteiger partial charge in [0, 0.05) is 31.8 Å². The summed E-state index contributed by atoms with van der Waals surface area (Å²) in [5.74, 6) is 0.845. The van der Waals surface area contributed by atoms with Crippen LogP contribution in [-0.2, 0) is 4.74 Å². The molecule has 1 aromatic carbocycles. The van der Waals surface area contributed by atoms with Crippen molar-refractivity contribution in [2.45, 2.75) is 13.0 Å². The minimum absolute atomic E-state index is 0.280. The molecule has 0 bridgehead atoms. The van der Waals surface area contributed by atoms with Gasteiger partial charge in [-0.15, -0.1) is 0 Å². The highest BCUT2D eigenvalue weighted by Gasteiger charge is 2.18. The molecular weight excluding hydrogens is 316 g/mol. The maximum absolute atomic E-state index is 9.27. The number of ether oxygens (including phenoxy) is 1. The lowest BCUT2D eigenvalue weighted by Gasteiger charge is -2.32. The van der Waals surface area contributed by atoms with Crippen LogP contribution in [0.5, 0.6) is 0 Å². The molecule has 0 saturated carbocycles. The van der Waals surface area contributed by atoms with Gasteiger partial charge in [-0.3, -0.25) is 4.90 Å². The molecule has 0 radical (unpaired) electrons. The van der Waals surface area contributed by atoms with E-state index in [0.29, 0.717) is 24.4 Å². The third-order valence-corrected chi connectivity index (χ3v) is 4.19. The first-order valence-corrected chi connectivity index (χ1v) is 8.46. The Bertz CT molecular complexity index is 743. The second-order valence-electron chi connectivity index (χ2n) is 5.96. The summed E-state index contributed by atoms with van der Waals surface area (Å²) in [4.78, 5) is 6.58. The monoisotopic (exact) mass is 338 g/mol. The number of nitriles is 1. The molecule has 2 aromatic rings. The van der Waals surface area contributed by atoms with Gasteiger partial charge >= 0.3 is 0 Å². The molecule has 1 saturated heterocycles. The highest BCUT2D eigenvalue weighted by Crippen LogP contribution is 2.19. The zero-order chi connectivity index (χ0) is 17.5. The third-order valence-electron chi connectivity index (χ3n) is 4.19. The molecule has 0 spiro atoms. The minimum Gasteiger partial charge on any atom is -0.420 e. The topological polar surface area (TPSA) is 74.3 Å². The number of oxazole rings is 1. The average molecular weight is 338 g/mol. The van der Waals surface area contributed by atoms with Crippen molar-refractivity contribution < 1.29 is 9.15 Å². The molecule has 25 heavy (non-hydrogen) atoms. The summed E-state index contributed by atoms with van der Waals surface area (Å²) in [6, 6.07) is 12.3. The van der Waals surface area contributed by atoms with Gasteiger partial charge in [0.05, 0.1) is 13.2 Å². The lowest BCUT2D eigenvalue weighted by atomic mass is 10.2. The predicted molar refractivity (Wildman–Crippen MR) is 96.9 cm³/mol.